The van der Waals surface area contributed by atoms with Gasteiger partial charge in [-0.05, 0) is 56.9 Å². The summed E-state index contributed by atoms with van der Waals surface area (Å²) < 4.78 is 7.20. The maximum absolute atomic E-state index is 12.5. The molecule has 6 heteroatoms. The second-order valence-corrected chi connectivity index (χ2v) is 7.64. The van der Waals surface area contributed by atoms with E-state index in [2.05, 4.69) is 12.0 Å². The first-order valence-corrected chi connectivity index (χ1v) is 10.4. The van der Waals surface area contributed by atoms with Gasteiger partial charge >= 0.3 is 0 Å². The van der Waals surface area contributed by atoms with Crippen molar-refractivity contribution in [3.05, 3.63) is 45.2 Å². The predicted octanol–water partition coefficient (Wildman–Crippen LogP) is 6.43. The van der Waals surface area contributed by atoms with Gasteiger partial charge in [0, 0.05) is 17.1 Å². The number of unbranched alkanes of at least 4 members (excludes halogenated alkanes) is 3. The van der Waals surface area contributed by atoms with Crippen LogP contribution in [0, 0.1) is 13.8 Å². The van der Waals surface area contributed by atoms with E-state index >= 15 is 0 Å². The van der Waals surface area contributed by atoms with Gasteiger partial charge in [0.2, 0.25) is 5.91 Å². The molecule has 0 unspecified atom stereocenters. The van der Waals surface area contributed by atoms with Gasteiger partial charge in [-0.1, -0.05) is 49.4 Å². The van der Waals surface area contributed by atoms with Crippen molar-refractivity contribution in [2.45, 2.75) is 65.7 Å². The Morgan fingerprint density at radius 3 is 2.63 bits per heavy atom. The fourth-order valence-corrected chi connectivity index (χ4v) is 3.57. The van der Waals surface area contributed by atoms with Crippen LogP contribution in [-0.2, 0) is 6.42 Å². The number of hydrogen-bond donors (Lipinski definition) is 0. The monoisotopic (exact) mass is 410 g/mol. The van der Waals surface area contributed by atoms with E-state index in [0.29, 0.717) is 35.2 Å². The first-order chi connectivity index (χ1) is 12.9. The molecule has 0 fully saturated rings. The SMILES string of the molecule is CCCCCCc1c(C)nn(C(=O)CCCOc2ccc(Cl)cc2Cl)c1C. The summed E-state index contributed by atoms with van der Waals surface area (Å²) in [5, 5.41) is 5.50. The highest BCUT2D eigenvalue weighted by molar-refractivity contribution is 6.35. The van der Waals surface area contributed by atoms with Gasteiger partial charge in [0.1, 0.15) is 5.75 Å². The molecule has 0 amide bonds. The Morgan fingerprint density at radius 2 is 1.93 bits per heavy atom. The average Bonchev–Trinajstić information content (AvgIpc) is 2.91. The van der Waals surface area contributed by atoms with Gasteiger partial charge < -0.3 is 4.74 Å². The number of carbonyl (C=O) groups is 1. The molecular weight excluding hydrogens is 383 g/mol. The fourth-order valence-electron chi connectivity index (χ4n) is 3.11. The summed E-state index contributed by atoms with van der Waals surface area (Å²) in [5.74, 6) is 0.579. The van der Waals surface area contributed by atoms with Crippen LogP contribution in [-0.4, -0.2) is 22.3 Å². The zero-order valence-electron chi connectivity index (χ0n) is 16.4. The fraction of sp³-hybridized carbons (Fsp3) is 0.524. The molecule has 1 aromatic carbocycles. The summed E-state index contributed by atoms with van der Waals surface area (Å²) in [6.07, 6.45) is 6.81. The van der Waals surface area contributed by atoms with Crippen molar-refractivity contribution in [1.29, 1.82) is 0 Å². The number of aryl methyl sites for hydroxylation is 1. The van der Waals surface area contributed by atoms with Crippen LogP contribution in [0.3, 0.4) is 0 Å². The highest BCUT2D eigenvalue weighted by Crippen LogP contribution is 2.27. The second-order valence-electron chi connectivity index (χ2n) is 6.79. The van der Waals surface area contributed by atoms with Gasteiger partial charge in [0.05, 0.1) is 17.3 Å². The van der Waals surface area contributed by atoms with Crippen LogP contribution in [0.2, 0.25) is 10.0 Å². The Bertz CT molecular complexity index is 772. The molecule has 2 rings (SSSR count). The van der Waals surface area contributed by atoms with Crippen LogP contribution in [0.4, 0.5) is 0 Å². The van der Waals surface area contributed by atoms with E-state index in [9.17, 15) is 4.79 Å². The Labute approximate surface area is 171 Å². The van der Waals surface area contributed by atoms with E-state index in [1.54, 1.807) is 22.9 Å². The van der Waals surface area contributed by atoms with Gasteiger partial charge in [-0.25, -0.2) is 4.68 Å². The first kappa shape index (κ1) is 21.8. The third kappa shape index (κ3) is 6.25. The quantitative estimate of drug-likeness (QED) is 0.423. The molecule has 4 nitrogen and oxygen atoms in total. The van der Waals surface area contributed by atoms with Crippen molar-refractivity contribution in [3.8, 4) is 5.75 Å². The number of halogens is 2. The number of ether oxygens (including phenoxy) is 1. The molecule has 0 aliphatic heterocycles. The van der Waals surface area contributed by atoms with Gasteiger partial charge in [0.15, 0.2) is 0 Å². The highest BCUT2D eigenvalue weighted by atomic mass is 35.5. The molecule has 148 valence electrons. The van der Waals surface area contributed by atoms with Crippen molar-refractivity contribution < 1.29 is 9.53 Å². The van der Waals surface area contributed by atoms with Crippen molar-refractivity contribution >= 4 is 29.1 Å². The molecule has 1 aromatic heterocycles. The topological polar surface area (TPSA) is 44.1 Å². The number of benzene rings is 1. The molecule has 0 saturated carbocycles. The van der Waals surface area contributed by atoms with E-state index in [-0.39, 0.29) is 5.91 Å². The molecule has 0 saturated heterocycles. The number of rotatable bonds is 10. The minimum absolute atomic E-state index is 0.00112. The molecule has 0 radical (unpaired) electrons. The molecule has 0 bridgehead atoms. The number of hydrogen-bond acceptors (Lipinski definition) is 3. The Balaban J connectivity index is 1.85. The molecule has 1 heterocycles. The largest absolute Gasteiger partial charge is 0.492 e. The third-order valence-electron chi connectivity index (χ3n) is 4.64. The van der Waals surface area contributed by atoms with Gasteiger partial charge in [-0.3, -0.25) is 4.79 Å². The van der Waals surface area contributed by atoms with Crippen molar-refractivity contribution in [1.82, 2.24) is 9.78 Å². The molecular formula is C21H28Cl2N2O2. The molecule has 0 aliphatic carbocycles. The van der Waals surface area contributed by atoms with Crippen LogP contribution < -0.4 is 4.74 Å². The summed E-state index contributed by atoms with van der Waals surface area (Å²) >= 11 is 11.9. The molecule has 2 aromatic rings. The summed E-state index contributed by atoms with van der Waals surface area (Å²) in [6.45, 7) is 6.59. The predicted molar refractivity (Wildman–Crippen MR) is 111 cm³/mol. The van der Waals surface area contributed by atoms with E-state index in [4.69, 9.17) is 27.9 Å². The number of carbonyl (C=O) groups excluding carboxylic acids is 1. The summed E-state index contributed by atoms with van der Waals surface area (Å²) in [4.78, 5) is 12.5. The normalized spacial score (nSPS) is 11.0. The van der Waals surface area contributed by atoms with E-state index in [1.807, 2.05) is 13.8 Å². The van der Waals surface area contributed by atoms with Crippen molar-refractivity contribution in [2.75, 3.05) is 6.61 Å². The average molecular weight is 411 g/mol. The number of nitrogens with zero attached hydrogens (tertiary/aromatic N) is 2. The molecule has 27 heavy (non-hydrogen) atoms. The van der Waals surface area contributed by atoms with Crippen molar-refractivity contribution in [3.63, 3.8) is 0 Å². The van der Waals surface area contributed by atoms with Crippen LogP contribution in [0.1, 0.15) is 67.2 Å². The summed E-state index contributed by atoms with van der Waals surface area (Å²) in [7, 11) is 0. The molecule has 0 aliphatic rings. The van der Waals surface area contributed by atoms with E-state index < -0.39 is 0 Å². The lowest BCUT2D eigenvalue weighted by Crippen LogP contribution is -2.15. The summed E-state index contributed by atoms with van der Waals surface area (Å²) in [5.41, 5.74) is 3.14. The van der Waals surface area contributed by atoms with Gasteiger partial charge in [0.25, 0.3) is 0 Å². The minimum Gasteiger partial charge on any atom is -0.492 e. The lowest BCUT2D eigenvalue weighted by atomic mass is 10.0. The maximum atomic E-state index is 12.5. The van der Waals surface area contributed by atoms with Crippen molar-refractivity contribution in [2.24, 2.45) is 0 Å². The highest BCUT2D eigenvalue weighted by Gasteiger charge is 2.16. The summed E-state index contributed by atoms with van der Waals surface area (Å²) in [6, 6.07) is 5.10. The minimum atomic E-state index is 0.00112. The smallest absolute Gasteiger partial charge is 0.247 e. The zero-order valence-corrected chi connectivity index (χ0v) is 17.9. The van der Waals surface area contributed by atoms with E-state index in [1.165, 1.54) is 24.8 Å². The van der Waals surface area contributed by atoms with E-state index in [0.717, 1.165) is 24.2 Å². The Hall–Kier alpha value is -1.52. The maximum Gasteiger partial charge on any atom is 0.247 e. The van der Waals surface area contributed by atoms with Crippen LogP contribution in [0.15, 0.2) is 18.2 Å². The van der Waals surface area contributed by atoms with Gasteiger partial charge in [-0.15, -0.1) is 0 Å². The zero-order chi connectivity index (χ0) is 19.8. The third-order valence-corrected chi connectivity index (χ3v) is 5.17. The lowest BCUT2D eigenvalue weighted by molar-refractivity contribution is 0.0874. The molecule has 0 N–H and O–H groups in total. The first-order valence-electron chi connectivity index (χ1n) is 9.60. The number of aromatic nitrogens is 2. The Morgan fingerprint density at radius 1 is 1.15 bits per heavy atom. The second kappa shape index (κ2) is 10.7. The van der Waals surface area contributed by atoms with Gasteiger partial charge in [-0.2, -0.15) is 5.10 Å². The lowest BCUT2D eigenvalue weighted by Gasteiger charge is -2.08. The van der Waals surface area contributed by atoms with Crippen LogP contribution in [0.5, 0.6) is 5.75 Å². The standard InChI is InChI=1S/C21H28Cl2N2O2/c1-4-5-6-7-9-18-15(2)24-25(16(18)3)21(26)10-8-13-27-20-12-11-17(22)14-19(20)23/h11-12,14H,4-10,13H2,1-3H3. The van der Waals surface area contributed by atoms with Crippen LogP contribution in [0.25, 0.3) is 0 Å². The van der Waals surface area contributed by atoms with Crippen LogP contribution >= 0.6 is 23.2 Å². The molecule has 0 atom stereocenters. The Kier molecular flexibility index (Phi) is 8.65. The molecule has 0 spiro atoms.